The predicted octanol–water partition coefficient (Wildman–Crippen LogP) is 1.63. The monoisotopic (exact) mass is 287 g/mol. The van der Waals surface area contributed by atoms with Gasteiger partial charge >= 0.3 is 0 Å². The van der Waals surface area contributed by atoms with Gasteiger partial charge in [0.05, 0.1) is 11.0 Å². The Morgan fingerprint density at radius 2 is 2.00 bits per heavy atom. The van der Waals surface area contributed by atoms with E-state index in [-0.39, 0.29) is 0 Å². The Labute approximate surface area is 124 Å². The molecule has 21 heavy (non-hydrogen) atoms. The van der Waals surface area contributed by atoms with Gasteiger partial charge in [-0.05, 0) is 31.4 Å². The van der Waals surface area contributed by atoms with Gasteiger partial charge in [-0.1, -0.05) is 12.5 Å². The molecule has 0 radical (unpaired) electrons. The van der Waals surface area contributed by atoms with Gasteiger partial charge in [-0.15, -0.1) is 9.36 Å². The Morgan fingerprint density at radius 3 is 2.90 bits per heavy atom. The minimum absolute atomic E-state index is 0.537. The van der Waals surface area contributed by atoms with Crippen LogP contribution >= 0.6 is 0 Å². The first kappa shape index (κ1) is 13.9. The highest BCUT2D eigenvalue weighted by Gasteiger charge is 2.16. The first-order chi connectivity index (χ1) is 10.3. The molecule has 0 unspecified atom stereocenters. The fraction of sp³-hybridized carbons (Fsp3) is 0.533. The lowest BCUT2D eigenvalue weighted by atomic mass is 10.2. The molecule has 0 amide bonds. The van der Waals surface area contributed by atoms with Gasteiger partial charge in [-0.3, -0.25) is 4.99 Å². The number of amidine groups is 1. The molecule has 112 valence electrons. The van der Waals surface area contributed by atoms with Crippen molar-refractivity contribution in [3.05, 3.63) is 35.8 Å². The standard InChI is InChI=1S/C9H16N2.C6H5N3O/c1-2-5-9-10-6-4-8-11(9)7-3-1;10-9-5-6-3-1-2-4-8(6)7-9/h1-8H2;1-5H. The minimum atomic E-state index is 0.537. The van der Waals surface area contributed by atoms with Crippen LogP contribution in [0.2, 0.25) is 0 Å². The van der Waals surface area contributed by atoms with Crippen LogP contribution in [0.3, 0.4) is 0 Å². The lowest BCUT2D eigenvalue weighted by Crippen LogP contribution is -2.34. The van der Waals surface area contributed by atoms with Gasteiger partial charge in [0, 0.05) is 26.1 Å². The number of aromatic nitrogens is 3. The van der Waals surface area contributed by atoms with Crippen LogP contribution < -0.4 is 4.85 Å². The molecule has 4 rings (SSSR count). The van der Waals surface area contributed by atoms with Gasteiger partial charge in [0.15, 0.2) is 11.7 Å². The molecule has 0 saturated carbocycles. The van der Waals surface area contributed by atoms with E-state index in [0.29, 0.717) is 4.85 Å². The highest BCUT2D eigenvalue weighted by Crippen LogP contribution is 2.15. The van der Waals surface area contributed by atoms with Gasteiger partial charge in [0.25, 0.3) is 0 Å². The zero-order chi connectivity index (χ0) is 14.5. The van der Waals surface area contributed by atoms with Crippen LogP contribution in [-0.2, 0) is 0 Å². The third kappa shape index (κ3) is 3.51. The van der Waals surface area contributed by atoms with E-state index >= 15 is 0 Å². The van der Waals surface area contributed by atoms with E-state index in [0.717, 1.165) is 12.1 Å². The normalized spacial score (nSPS) is 18.3. The molecule has 2 aromatic heterocycles. The van der Waals surface area contributed by atoms with E-state index in [4.69, 9.17) is 0 Å². The van der Waals surface area contributed by atoms with E-state index in [9.17, 15) is 5.21 Å². The molecule has 0 bridgehead atoms. The highest BCUT2D eigenvalue weighted by atomic mass is 16.5. The zero-order valence-corrected chi connectivity index (χ0v) is 12.2. The largest absolute Gasteiger partial charge is 0.691 e. The van der Waals surface area contributed by atoms with Gasteiger partial charge in [-0.2, -0.15) is 0 Å². The van der Waals surface area contributed by atoms with Crippen LogP contribution in [0.15, 0.2) is 35.6 Å². The summed E-state index contributed by atoms with van der Waals surface area (Å²) in [6.45, 7) is 3.60. The number of rotatable bonds is 0. The lowest BCUT2D eigenvalue weighted by Gasteiger charge is -2.27. The second-order valence-corrected chi connectivity index (χ2v) is 5.44. The van der Waals surface area contributed by atoms with Crippen LogP contribution in [-0.4, -0.2) is 40.1 Å². The number of pyridine rings is 1. The number of hydrogen-bond donors (Lipinski definition) is 0. The summed E-state index contributed by atoms with van der Waals surface area (Å²) in [4.78, 5) is 7.57. The summed E-state index contributed by atoms with van der Waals surface area (Å²) >= 11 is 0. The maximum atomic E-state index is 10.6. The molecule has 6 heteroatoms. The molecule has 1 saturated heterocycles. The van der Waals surface area contributed by atoms with Crippen molar-refractivity contribution >= 4 is 11.4 Å². The highest BCUT2D eigenvalue weighted by molar-refractivity contribution is 5.83. The quantitative estimate of drug-likeness (QED) is 0.546. The van der Waals surface area contributed by atoms with Crippen LogP contribution in [0, 0.1) is 5.21 Å². The SMILES string of the molecule is C1CCC2=NCCCN2CC1.[O-][n+]1cc2ccccn2n1. The molecular weight excluding hydrogens is 266 g/mol. The van der Waals surface area contributed by atoms with Gasteiger partial charge < -0.3 is 10.1 Å². The maximum absolute atomic E-state index is 10.6. The number of fused-ring (bicyclic) bond motifs is 2. The molecule has 4 heterocycles. The summed E-state index contributed by atoms with van der Waals surface area (Å²) < 4.78 is 1.52. The lowest BCUT2D eigenvalue weighted by molar-refractivity contribution is -0.669. The van der Waals surface area contributed by atoms with Crippen LogP contribution in [0.5, 0.6) is 0 Å². The van der Waals surface area contributed by atoms with E-state index in [1.54, 1.807) is 6.20 Å². The van der Waals surface area contributed by atoms with Crippen molar-refractivity contribution in [3.63, 3.8) is 0 Å². The summed E-state index contributed by atoms with van der Waals surface area (Å²) in [7, 11) is 0. The summed E-state index contributed by atoms with van der Waals surface area (Å²) in [5, 5.41) is 14.2. The molecule has 6 nitrogen and oxygen atoms in total. The third-order valence-electron chi connectivity index (χ3n) is 3.87. The van der Waals surface area contributed by atoms with Gasteiger partial charge in [-0.25, -0.2) is 0 Å². The van der Waals surface area contributed by atoms with Crippen molar-refractivity contribution in [1.82, 2.24) is 14.6 Å². The van der Waals surface area contributed by atoms with Crippen LogP contribution in [0.25, 0.3) is 5.52 Å². The zero-order valence-electron chi connectivity index (χ0n) is 12.2. The Morgan fingerprint density at radius 1 is 1.10 bits per heavy atom. The first-order valence-electron chi connectivity index (χ1n) is 7.65. The van der Waals surface area contributed by atoms with Crippen molar-refractivity contribution < 1.29 is 4.85 Å². The molecule has 2 aliphatic rings. The third-order valence-corrected chi connectivity index (χ3v) is 3.87. The van der Waals surface area contributed by atoms with E-state index in [1.165, 1.54) is 61.7 Å². The fourth-order valence-electron chi connectivity index (χ4n) is 2.80. The molecule has 0 aromatic carbocycles. The van der Waals surface area contributed by atoms with Gasteiger partial charge in [0.1, 0.15) is 6.20 Å². The van der Waals surface area contributed by atoms with E-state index in [1.807, 2.05) is 18.2 Å². The minimum Gasteiger partial charge on any atom is -0.691 e. The van der Waals surface area contributed by atoms with Crippen molar-refractivity contribution in [3.8, 4) is 0 Å². The topological polar surface area (TPSA) is 59.8 Å². The second-order valence-electron chi connectivity index (χ2n) is 5.44. The Bertz CT molecular complexity index is 588. The summed E-state index contributed by atoms with van der Waals surface area (Å²) in [5.41, 5.74) is 0.803. The van der Waals surface area contributed by atoms with Crippen LogP contribution in [0.1, 0.15) is 32.1 Å². The Balaban J connectivity index is 0.000000126. The molecule has 2 aromatic rings. The molecule has 0 spiro atoms. The smallest absolute Gasteiger partial charge is 0.197 e. The average Bonchev–Trinajstić information content (AvgIpc) is 2.73. The van der Waals surface area contributed by atoms with Crippen molar-refractivity contribution in [1.29, 1.82) is 0 Å². The van der Waals surface area contributed by atoms with Crippen molar-refractivity contribution in [2.45, 2.75) is 32.1 Å². The summed E-state index contributed by atoms with van der Waals surface area (Å²) in [6, 6.07) is 5.50. The number of nitrogens with zero attached hydrogens (tertiary/aromatic N) is 5. The summed E-state index contributed by atoms with van der Waals surface area (Å²) in [5.74, 6) is 1.40. The van der Waals surface area contributed by atoms with Crippen molar-refractivity contribution in [2.75, 3.05) is 19.6 Å². The molecular formula is C15H21N5O. The second kappa shape index (κ2) is 6.56. The van der Waals surface area contributed by atoms with E-state index in [2.05, 4.69) is 15.1 Å². The molecule has 0 atom stereocenters. The fourth-order valence-corrected chi connectivity index (χ4v) is 2.80. The number of hydrogen-bond acceptors (Lipinski definition) is 4. The molecule has 0 N–H and O–H groups in total. The molecule has 1 fully saturated rings. The maximum Gasteiger partial charge on any atom is 0.197 e. The van der Waals surface area contributed by atoms with Crippen molar-refractivity contribution in [2.24, 2.45) is 4.99 Å². The predicted molar refractivity (Wildman–Crippen MR) is 81.1 cm³/mol. The first-order valence-corrected chi connectivity index (χ1v) is 7.65. The molecule has 0 aliphatic carbocycles. The Hall–Kier alpha value is -2.11. The average molecular weight is 287 g/mol. The van der Waals surface area contributed by atoms with Gasteiger partial charge in [0.2, 0.25) is 0 Å². The van der Waals surface area contributed by atoms with Crippen LogP contribution in [0.4, 0.5) is 0 Å². The summed E-state index contributed by atoms with van der Waals surface area (Å²) in [6.07, 6.45) is 9.77. The van der Waals surface area contributed by atoms with E-state index < -0.39 is 0 Å². The Kier molecular flexibility index (Phi) is 4.33. The molecule has 2 aliphatic heterocycles. The number of aliphatic imine (C=N–C) groups is 1.